The number of nitrogens with one attached hydrogen (secondary N) is 3. The Labute approximate surface area is 131 Å². The van der Waals surface area contributed by atoms with E-state index in [0.29, 0.717) is 11.5 Å². The zero-order valence-corrected chi connectivity index (χ0v) is 12.8. The lowest BCUT2D eigenvalue weighted by molar-refractivity contribution is 0.0917. The number of hydrogen-bond acceptors (Lipinski definition) is 6. The predicted molar refractivity (Wildman–Crippen MR) is 80.0 cm³/mol. The fourth-order valence-corrected chi connectivity index (χ4v) is 2.56. The minimum absolute atomic E-state index is 0.104. The maximum atomic E-state index is 12.0. The second-order valence-electron chi connectivity index (χ2n) is 4.57. The van der Waals surface area contributed by atoms with Gasteiger partial charge in [0.2, 0.25) is 5.09 Å². The molecule has 0 atom stereocenters. The molecule has 0 radical (unpaired) electrons. The van der Waals surface area contributed by atoms with Crippen molar-refractivity contribution in [2.45, 2.75) is 11.6 Å². The van der Waals surface area contributed by atoms with E-state index in [9.17, 15) is 13.2 Å². The van der Waals surface area contributed by atoms with Crippen LogP contribution in [-0.2, 0) is 16.6 Å². The molecule has 0 aliphatic rings. The molecule has 0 aliphatic heterocycles. The van der Waals surface area contributed by atoms with Gasteiger partial charge in [-0.05, 0) is 31.3 Å². The fourth-order valence-electron chi connectivity index (χ4n) is 1.92. The molecule has 3 N–H and O–H groups in total. The van der Waals surface area contributed by atoms with Crippen LogP contribution in [0.1, 0.15) is 16.4 Å². The molecule has 0 unspecified atom stereocenters. The van der Waals surface area contributed by atoms with E-state index in [1.54, 1.807) is 12.3 Å². The summed E-state index contributed by atoms with van der Waals surface area (Å²) in [6.07, 6.45) is 1.62. The number of pyridine rings is 1. The first kappa shape index (κ1) is 15.2. The van der Waals surface area contributed by atoms with Crippen LogP contribution in [0.2, 0.25) is 0 Å². The van der Waals surface area contributed by atoms with Gasteiger partial charge in [0.15, 0.2) is 11.4 Å². The summed E-state index contributed by atoms with van der Waals surface area (Å²) in [4.78, 5) is 23.3. The number of imidazole rings is 1. The van der Waals surface area contributed by atoms with Crippen LogP contribution in [0.4, 0.5) is 0 Å². The van der Waals surface area contributed by atoms with E-state index >= 15 is 0 Å². The Bertz CT molecular complexity index is 927. The molecule has 120 valence electrons. The molecule has 0 saturated carbocycles. The number of carbonyl (C=O) groups excluding carboxylic acids is 1. The molecule has 0 fully saturated rings. The van der Waals surface area contributed by atoms with Crippen molar-refractivity contribution >= 4 is 27.1 Å². The highest BCUT2D eigenvalue weighted by Gasteiger charge is 2.19. The molecule has 3 aromatic heterocycles. The van der Waals surface area contributed by atoms with Crippen molar-refractivity contribution in [1.29, 1.82) is 0 Å². The summed E-state index contributed by atoms with van der Waals surface area (Å²) in [7, 11) is -2.46. The molecule has 10 heteroatoms. The molecule has 0 spiro atoms. The van der Waals surface area contributed by atoms with Gasteiger partial charge in [0.25, 0.3) is 15.9 Å². The number of aromatic amines is 1. The molecule has 3 aromatic rings. The van der Waals surface area contributed by atoms with Crippen molar-refractivity contribution in [3.63, 3.8) is 0 Å². The standard InChI is InChI=1S/C13H13N5O4S/c1-14-23(20,21)11-5-4-9(22-11)13(19)16-7-10-17-8-3-2-6-15-12(8)18-10/h2-6,14H,7H2,1H3,(H,16,19)(H,15,17,18). The van der Waals surface area contributed by atoms with Crippen LogP contribution in [0.3, 0.4) is 0 Å². The molecule has 1 amide bonds. The topological polar surface area (TPSA) is 130 Å². The zero-order chi connectivity index (χ0) is 16.4. The second-order valence-corrected chi connectivity index (χ2v) is 6.38. The third-order valence-corrected chi connectivity index (χ3v) is 4.35. The van der Waals surface area contributed by atoms with Crippen molar-refractivity contribution in [3.8, 4) is 0 Å². The number of furan rings is 1. The lowest BCUT2D eigenvalue weighted by atomic mass is 10.4. The molecule has 0 bridgehead atoms. The van der Waals surface area contributed by atoms with Crippen LogP contribution in [0, 0.1) is 0 Å². The summed E-state index contributed by atoms with van der Waals surface area (Å²) in [5.41, 5.74) is 1.31. The lowest BCUT2D eigenvalue weighted by Crippen LogP contribution is -2.23. The first-order valence-corrected chi connectivity index (χ1v) is 8.09. The highest BCUT2D eigenvalue weighted by molar-refractivity contribution is 7.89. The Hall–Kier alpha value is -2.72. The first-order chi connectivity index (χ1) is 11.0. The van der Waals surface area contributed by atoms with Gasteiger partial charge in [0.1, 0.15) is 5.82 Å². The number of carbonyl (C=O) groups is 1. The molecule has 23 heavy (non-hydrogen) atoms. The van der Waals surface area contributed by atoms with E-state index in [2.05, 4.69) is 25.0 Å². The van der Waals surface area contributed by atoms with Crippen LogP contribution >= 0.6 is 0 Å². The van der Waals surface area contributed by atoms with E-state index in [4.69, 9.17) is 4.42 Å². The molecule has 3 rings (SSSR count). The van der Waals surface area contributed by atoms with Crippen LogP contribution in [-0.4, -0.2) is 36.3 Å². The average Bonchev–Trinajstić information content (AvgIpc) is 3.19. The minimum atomic E-state index is -3.72. The van der Waals surface area contributed by atoms with Gasteiger partial charge in [-0.15, -0.1) is 0 Å². The van der Waals surface area contributed by atoms with Gasteiger partial charge in [-0.3, -0.25) is 4.79 Å². The summed E-state index contributed by atoms with van der Waals surface area (Å²) in [6, 6.07) is 6.10. The van der Waals surface area contributed by atoms with Gasteiger partial charge >= 0.3 is 0 Å². The Morgan fingerprint density at radius 2 is 2.17 bits per heavy atom. The number of H-pyrrole nitrogens is 1. The van der Waals surface area contributed by atoms with Gasteiger partial charge in [0.05, 0.1) is 12.1 Å². The molecule has 0 aromatic carbocycles. The SMILES string of the molecule is CNS(=O)(=O)c1ccc(C(=O)NCc2nc3ncccc3[nH]2)o1. The highest BCUT2D eigenvalue weighted by Crippen LogP contribution is 2.13. The second kappa shape index (κ2) is 5.82. The summed E-state index contributed by atoms with van der Waals surface area (Å²) < 4.78 is 30.3. The number of hydrogen-bond donors (Lipinski definition) is 3. The van der Waals surface area contributed by atoms with E-state index in [1.165, 1.54) is 19.2 Å². The molecule has 0 saturated heterocycles. The lowest BCUT2D eigenvalue weighted by Gasteiger charge is -2.00. The van der Waals surface area contributed by atoms with Crippen molar-refractivity contribution in [3.05, 3.63) is 42.0 Å². The van der Waals surface area contributed by atoms with E-state index in [1.807, 2.05) is 6.07 Å². The number of amides is 1. The normalized spacial score (nSPS) is 11.7. The van der Waals surface area contributed by atoms with Gasteiger partial charge in [-0.2, -0.15) is 0 Å². The number of aromatic nitrogens is 3. The predicted octanol–water partition coefficient (Wildman–Crippen LogP) is 0.389. The summed E-state index contributed by atoms with van der Waals surface area (Å²) in [6.45, 7) is 0.129. The minimum Gasteiger partial charge on any atom is -0.438 e. The van der Waals surface area contributed by atoms with E-state index in [0.717, 1.165) is 5.52 Å². The molecule has 9 nitrogen and oxygen atoms in total. The third kappa shape index (κ3) is 3.07. The summed E-state index contributed by atoms with van der Waals surface area (Å²) in [5, 5.41) is 2.27. The Balaban J connectivity index is 1.70. The van der Waals surface area contributed by atoms with Crippen LogP contribution in [0.25, 0.3) is 11.2 Å². The fraction of sp³-hybridized carbons (Fsp3) is 0.154. The number of sulfonamides is 1. The Morgan fingerprint density at radius 1 is 1.35 bits per heavy atom. The van der Waals surface area contributed by atoms with Gasteiger partial charge < -0.3 is 14.7 Å². The number of rotatable bonds is 5. The quantitative estimate of drug-likeness (QED) is 0.618. The summed E-state index contributed by atoms with van der Waals surface area (Å²) in [5.74, 6) is -0.120. The molecular formula is C13H13N5O4S. The van der Waals surface area contributed by atoms with Gasteiger partial charge in [0, 0.05) is 6.20 Å². The largest absolute Gasteiger partial charge is 0.438 e. The Morgan fingerprint density at radius 3 is 2.91 bits per heavy atom. The van der Waals surface area contributed by atoms with Crippen molar-refractivity contribution in [2.75, 3.05) is 7.05 Å². The van der Waals surface area contributed by atoms with E-state index in [-0.39, 0.29) is 17.4 Å². The maximum Gasteiger partial charge on any atom is 0.287 e. The average molecular weight is 335 g/mol. The summed E-state index contributed by atoms with van der Waals surface area (Å²) >= 11 is 0. The molecule has 0 aliphatic carbocycles. The van der Waals surface area contributed by atoms with Crippen LogP contribution in [0.15, 0.2) is 40.0 Å². The monoisotopic (exact) mass is 335 g/mol. The third-order valence-electron chi connectivity index (χ3n) is 3.06. The van der Waals surface area contributed by atoms with Crippen molar-refractivity contribution < 1.29 is 17.6 Å². The smallest absolute Gasteiger partial charge is 0.287 e. The zero-order valence-electron chi connectivity index (χ0n) is 12.0. The van der Waals surface area contributed by atoms with Crippen LogP contribution in [0.5, 0.6) is 0 Å². The van der Waals surface area contributed by atoms with Crippen LogP contribution < -0.4 is 10.0 Å². The Kier molecular flexibility index (Phi) is 3.84. The first-order valence-electron chi connectivity index (χ1n) is 6.61. The van der Waals surface area contributed by atoms with E-state index < -0.39 is 15.9 Å². The molecule has 3 heterocycles. The van der Waals surface area contributed by atoms with Crippen molar-refractivity contribution in [1.82, 2.24) is 25.0 Å². The van der Waals surface area contributed by atoms with Gasteiger partial charge in [-0.1, -0.05) is 0 Å². The number of nitrogens with zero attached hydrogens (tertiary/aromatic N) is 2. The highest BCUT2D eigenvalue weighted by atomic mass is 32.2. The van der Waals surface area contributed by atoms with Crippen molar-refractivity contribution in [2.24, 2.45) is 0 Å². The van der Waals surface area contributed by atoms with Gasteiger partial charge in [-0.25, -0.2) is 23.1 Å². The molecular weight excluding hydrogens is 322 g/mol. The number of fused-ring (bicyclic) bond motifs is 1. The maximum absolute atomic E-state index is 12.0.